The van der Waals surface area contributed by atoms with Gasteiger partial charge in [0.15, 0.2) is 0 Å². The van der Waals surface area contributed by atoms with Gasteiger partial charge in [-0.15, -0.1) is 12.1 Å². The van der Waals surface area contributed by atoms with Gasteiger partial charge in [-0.25, -0.2) is 0 Å². The van der Waals surface area contributed by atoms with E-state index in [1.165, 1.54) is 0 Å². The molecule has 4 unspecified atom stereocenters. The van der Waals surface area contributed by atoms with Gasteiger partial charge in [-0.3, -0.25) is 0 Å². The molecule has 11 heteroatoms. The maximum Gasteiger partial charge on any atom is 0.373 e. The number of hydrogen-bond donors (Lipinski definition) is 0. The molecule has 4 atom stereocenters. The molecule has 0 fully saturated rings. The molecule has 0 saturated heterocycles. The van der Waals surface area contributed by atoms with Crippen LogP contribution < -0.4 is 0 Å². The van der Waals surface area contributed by atoms with E-state index in [1.54, 1.807) is 27.7 Å². The predicted octanol–water partition coefficient (Wildman–Crippen LogP) is 6.96. The van der Waals surface area contributed by atoms with Gasteiger partial charge in [0.2, 0.25) is 0 Å². The van der Waals surface area contributed by atoms with Crippen LogP contribution in [0.25, 0.3) is 21.3 Å². The molecule has 0 amide bonds. The van der Waals surface area contributed by atoms with Crippen LogP contribution in [0, 0.1) is 0 Å². The van der Waals surface area contributed by atoms with E-state index in [1.807, 2.05) is 13.8 Å². The van der Waals surface area contributed by atoms with Crippen LogP contribution in [0.15, 0.2) is 0 Å². The molecule has 0 N–H and O–H groups in total. The number of halogens is 6. The van der Waals surface area contributed by atoms with Gasteiger partial charge in [0.1, 0.15) is 0 Å². The Bertz CT molecular complexity index is 335. The van der Waals surface area contributed by atoms with Gasteiger partial charge in [0.25, 0.3) is 0 Å². The Morgan fingerprint density at radius 2 is 0.793 bits per heavy atom. The second-order valence-corrected chi connectivity index (χ2v) is 6.28. The van der Waals surface area contributed by atoms with Crippen LogP contribution in [0.2, 0.25) is 0 Å². The molecule has 1 radical (unpaired) electrons. The fraction of sp³-hybridized carbons (Fsp3) is 1.00. The summed E-state index contributed by atoms with van der Waals surface area (Å²) in [5.74, 6) is 0. The van der Waals surface area contributed by atoms with Gasteiger partial charge < -0.3 is 21.3 Å². The summed E-state index contributed by atoms with van der Waals surface area (Å²) in [5.41, 5.74) is 0. The zero-order valence-electron chi connectivity index (χ0n) is 17.9. The molecular weight excluding hydrogens is 450 g/mol. The molecule has 0 aliphatic rings. The normalized spacial score (nSPS) is 16.1. The molecule has 0 aromatic carbocycles. The molecule has 29 heavy (non-hydrogen) atoms. The summed E-state index contributed by atoms with van der Waals surface area (Å²) in [7, 11) is 0. The van der Waals surface area contributed by atoms with Crippen molar-refractivity contribution in [2.24, 2.45) is 0 Å². The van der Waals surface area contributed by atoms with Gasteiger partial charge in [-0.05, 0) is 12.1 Å². The first-order chi connectivity index (χ1) is 12.8. The van der Waals surface area contributed by atoms with Crippen LogP contribution in [0.5, 0.6) is 0 Å². The molecule has 0 aromatic heterocycles. The van der Waals surface area contributed by atoms with E-state index in [-0.39, 0.29) is 55.1 Å². The van der Waals surface area contributed by atoms with Gasteiger partial charge in [-0.1, -0.05) is 54.4 Å². The number of nitrogens with zero attached hydrogens (tertiary/aromatic N) is 4. The first-order valence-corrected chi connectivity index (χ1v) is 9.63. The Morgan fingerprint density at radius 3 is 0.966 bits per heavy atom. The molecule has 4 nitrogen and oxygen atoms in total. The average Bonchev–Trinajstić information content (AvgIpc) is 2.53. The fourth-order valence-electron chi connectivity index (χ4n) is 2.48. The molecule has 0 rings (SSSR count). The van der Waals surface area contributed by atoms with E-state index in [0.717, 1.165) is 0 Å². The molecule has 0 heterocycles. The van der Waals surface area contributed by atoms with Crippen molar-refractivity contribution in [1.82, 2.24) is 0 Å². The Morgan fingerprint density at radius 1 is 0.552 bits per heavy atom. The maximum absolute atomic E-state index is 12.4. The van der Waals surface area contributed by atoms with Crippen molar-refractivity contribution in [3.8, 4) is 0 Å². The van der Waals surface area contributed by atoms with Gasteiger partial charge in [0.05, 0.1) is 0 Å². The van der Waals surface area contributed by atoms with Crippen LogP contribution in [0.3, 0.4) is 0 Å². The summed E-state index contributed by atoms with van der Waals surface area (Å²) in [6.45, 7) is 11.7. The van der Waals surface area contributed by atoms with Gasteiger partial charge >= 0.3 is 12.4 Å². The Balaban J connectivity index is -0.000000451. The summed E-state index contributed by atoms with van der Waals surface area (Å²) in [5, 5.41) is 15.1. The number of alkyl halides is 6. The minimum Gasteiger partial charge on any atom is -0.660 e. The van der Waals surface area contributed by atoms with Gasteiger partial charge in [0, 0.05) is 17.1 Å². The molecule has 0 bridgehead atoms. The van der Waals surface area contributed by atoms with E-state index < -0.39 is 24.4 Å². The van der Waals surface area contributed by atoms with Crippen molar-refractivity contribution < 1.29 is 43.4 Å². The summed E-state index contributed by atoms with van der Waals surface area (Å²) in [6.07, 6.45) is -8.53. The molecule has 0 saturated carbocycles. The summed E-state index contributed by atoms with van der Waals surface area (Å²) >= 11 is 0. The van der Waals surface area contributed by atoms with Crippen molar-refractivity contribution in [3.05, 3.63) is 21.3 Å². The summed E-state index contributed by atoms with van der Waals surface area (Å²) < 4.78 is 74.2. The summed E-state index contributed by atoms with van der Waals surface area (Å²) in [4.78, 5) is 0. The molecule has 0 aliphatic carbocycles. The summed E-state index contributed by atoms with van der Waals surface area (Å²) in [6, 6.07) is -3.67. The largest absolute Gasteiger partial charge is 0.660 e. The van der Waals surface area contributed by atoms with E-state index in [0.29, 0.717) is 13.1 Å². The van der Waals surface area contributed by atoms with Crippen LogP contribution in [-0.4, -0.2) is 62.7 Å². The molecular formula is C18H34CuF6N4-4. The average molecular weight is 484 g/mol. The van der Waals surface area contributed by atoms with Crippen molar-refractivity contribution >= 4 is 0 Å². The van der Waals surface area contributed by atoms with Gasteiger partial charge in [-0.2, -0.15) is 52.5 Å². The SMILES string of the molecule is CC[N-]C(C)CC([N-]CC)C(F)(F)F.CC[N-]C(C)CC([N-]CC)C(F)(F)F.[Cu]. The van der Waals surface area contributed by atoms with Crippen molar-refractivity contribution in [2.45, 2.75) is 90.9 Å². The number of rotatable bonds is 12. The van der Waals surface area contributed by atoms with E-state index in [2.05, 4.69) is 21.3 Å². The van der Waals surface area contributed by atoms with E-state index >= 15 is 0 Å². The fourth-order valence-corrected chi connectivity index (χ4v) is 2.48. The Labute approximate surface area is 182 Å². The maximum atomic E-state index is 12.4. The first-order valence-electron chi connectivity index (χ1n) is 9.63. The van der Waals surface area contributed by atoms with Crippen molar-refractivity contribution in [3.63, 3.8) is 0 Å². The number of hydrogen-bond acceptors (Lipinski definition) is 0. The standard InChI is InChI=1S/2C9H17F3N2.Cu/c2*1-4-13-7(3)6-8(14-5-2)9(10,11)12;/h2*7-8H,4-6H2,1-3H3;/q2*-2;. The molecule has 0 aliphatic heterocycles. The van der Waals surface area contributed by atoms with Crippen LogP contribution in [-0.2, 0) is 17.1 Å². The van der Waals surface area contributed by atoms with Crippen LogP contribution in [0.4, 0.5) is 26.3 Å². The monoisotopic (exact) mass is 483 g/mol. The quantitative estimate of drug-likeness (QED) is 0.213. The van der Waals surface area contributed by atoms with Crippen molar-refractivity contribution in [1.29, 1.82) is 0 Å². The third-order valence-corrected chi connectivity index (χ3v) is 3.68. The zero-order valence-corrected chi connectivity index (χ0v) is 18.9. The third kappa shape index (κ3) is 18.4. The second kappa shape index (κ2) is 17.6. The van der Waals surface area contributed by atoms with E-state index in [4.69, 9.17) is 0 Å². The minimum atomic E-state index is -4.23. The molecule has 183 valence electrons. The smallest absolute Gasteiger partial charge is 0.373 e. The first kappa shape index (κ1) is 33.6. The zero-order chi connectivity index (χ0) is 22.4. The van der Waals surface area contributed by atoms with E-state index in [9.17, 15) is 26.3 Å². The van der Waals surface area contributed by atoms with Crippen LogP contribution >= 0.6 is 0 Å². The second-order valence-electron chi connectivity index (χ2n) is 6.28. The van der Waals surface area contributed by atoms with Crippen molar-refractivity contribution in [2.75, 3.05) is 26.2 Å². The Kier molecular flexibility index (Phi) is 20.4. The Hall–Kier alpha value is -0.0605. The van der Waals surface area contributed by atoms with Crippen LogP contribution in [0.1, 0.15) is 54.4 Å². The minimum absolute atomic E-state index is 0. The third-order valence-electron chi connectivity index (χ3n) is 3.68. The molecule has 0 aromatic rings. The predicted molar refractivity (Wildman–Crippen MR) is 103 cm³/mol. The topological polar surface area (TPSA) is 56.4 Å². The molecule has 0 spiro atoms.